The van der Waals surface area contributed by atoms with Gasteiger partial charge in [-0.1, -0.05) is 41.0 Å². The summed E-state index contributed by atoms with van der Waals surface area (Å²) in [6.45, 7) is 16.0. The van der Waals surface area contributed by atoms with Crippen LogP contribution < -0.4 is 0 Å². The van der Waals surface area contributed by atoms with Crippen molar-refractivity contribution in [1.29, 1.82) is 0 Å². The Balaban J connectivity index is 0.000000360. The third-order valence-corrected chi connectivity index (χ3v) is 4.79. The molecule has 1 saturated heterocycles. The Bertz CT molecular complexity index is 232. The zero-order valence-corrected chi connectivity index (χ0v) is 15.9. The number of aliphatic hydroxyl groups is 1. The molecule has 2 fully saturated rings. The van der Waals surface area contributed by atoms with Crippen LogP contribution in [-0.4, -0.2) is 48.5 Å². The zero-order chi connectivity index (χ0) is 16.8. The van der Waals surface area contributed by atoms with Gasteiger partial charge in [-0.05, 0) is 51.0 Å². The fourth-order valence-corrected chi connectivity index (χ4v) is 2.86. The van der Waals surface area contributed by atoms with Gasteiger partial charge in [-0.3, -0.25) is 4.90 Å². The Morgan fingerprint density at radius 2 is 1.64 bits per heavy atom. The Kier molecular flexibility index (Phi) is 13.3. The van der Waals surface area contributed by atoms with Crippen molar-refractivity contribution in [3.8, 4) is 0 Å². The number of nitrogens with zero attached hydrogens (tertiary/aromatic N) is 1. The molecule has 0 bridgehead atoms. The number of unbranched alkanes of at least 4 members (excludes halogenated alkanes) is 1. The highest BCUT2D eigenvalue weighted by atomic mass is 16.5. The van der Waals surface area contributed by atoms with Crippen LogP contribution in [0.25, 0.3) is 0 Å². The summed E-state index contributed by atoms with van der Waals surface area (Å²) >= 11 is 0. The fraction of sp³-hybridized carbons (Fsp3) is 1.00. The summed E-state index contributed by atoms with van der Waals surface area (Å²) in [6, 6.07) is 0. The summed E-state index contributed by atoms with van der Waals surface area (Å²) in [5, 5.41) is 9.80. The van der Waals surface area contributed by atoms with E-state index in [1.54, 1.807) is 0 Å². The second kappa shape index (κ2) is 13.3. The molecule has 0 spiro atoms. The van der Waals surface area contributed by atoms with Gasteiger partial charge in [0.15, 0.2) is 0 Å². The number of hydrogen-bond acceptors (Lipinski definition) is 3. The van der Waals surface area contributed by atoms with Gasteiger partial charge in [0.05, 0.1) is 18.8 Å². The van der Waals surface area contributed by atoms with Crippen LogP contribution in [-0.2, 0) is 4.74 Å². The first-order valence-corrected chi connectivity index (χ1v) is 9.62. The van der Waals surface area contributed by atoms with Gasteiger partial charge in [0.2, 0.25) is 0 Å². The molecule has 1 heterocycles. The maximum atomic E-state index is 9.80. The summed E-state index contributed by atoms with van der Waals surface area (Å²) in [4.78, 5) is 2.48. The van der Waals surface area contributed by atoms with Crippen molar-refractivity contribution in [2.45, 2.75) is 85.2 Å². The molecule has 2 aliphatic rings. The van der Waals surface area contributed by atoms with E-state index in [1.165, 1.54) is 32.2 Å². The third kappa shape index (κ3) is 9.81. The molecule has 134 valence electrons. The molecular weight excluding hydrogens is 274 g/mol. The molecule has 0 amide bonds. The Labute approximate surface area is 139 Å². The van der Waals surface area contributed by atoms with Gasteiger partial charge < -0.3 is 9.84 Å². The van der Waals surface area contributed by atoms with Crippen molar-refractivity contribution in [2.75, 3.05) is 32.8 Å². The van der Waals surface area contributed by atoms with E-state index in [0.29, 0.717) is 0 Å². The number of morpholine rings is 1. The molecule has 3 nitrogen and oxygen atoms in total. The monoisotopic (exact) mass is 315 g/mol. The van der Waals surface area contributed by atoms with Crippen LogP contribution in [0, 0.1) is 5.92 Å². The molecule has 0 aromatic rings. The highest BCUT2D eigenvalue weighted by Gasteiger charge is 2.29. The van der Waals surface area contributed by atoms with E-state index in [-0.39, 0.29) is 5.60 Å². The lowest BCUT2D eigenvalue weighted by Crippen LogP contribution is -2.36. The first-order valence-electron chi connectivity index (χ1n) is 9.62. The average Bonchev–Trinajstić information content (AvgIpc) is 2.59. The van der Waals surface area contributed by atoms with Gasteiger partial charge in [-0.2, -0.15) is 0 Å². The van der Waals surface area contributed by atoms with Crippen molar-refractivity contribution in [3.05, 3.63) is 0 Å². The van der Waals surface area contributed by atoms with Crippen molar-refractivity contribution < 1.29 is 9.84 Å². The highest BCUT2D eigenvalue weighted by molar-refractivity contribution is 4.82. The standard InChI is InChI=1S/C9H18O.C8H17NO.C2H6/c1-3-9(10)6-4-8(2)5-7-9;1-2-3-4-9-5-7-10-8-6-9;1-2/h8,10H,3-7H2,1-2H3;2-8H2,1H3;1-2H3. The van der Waals surface area contributed by atoms with Crippen molar-refractivity contribution in [2.24, 2.45) is 5.92 Å². The van der Waals surface area contributed by atoms with E-state index < -0.39 is 0 Å². The van der Waals surface area contributed by atoms with Gasteiger partial charge in [0, 0.05) is 13.1 Å². The maximum absolute atomic E-state index is 9.80. The van der Waals surface area contributed by atoms with E-state index in [4.69, 9.17) is 4.74 Å². The van der Waals surface area contributed by atoms with Gasteiger partial charge in [0.25, 0.3) is 0 Å². The van der Waals surface area contributed by atoms with Crippen LogP contribution in [0.1, 0.15) is 79.6 Å². The molecule has 0 atom stereocenters. The summed E-state index contributed by atoms with van der Waals surface area (Å²) < 4.78 is 5.24. The predicted octanol–water partition coefficient (Wildman–Crippen LogP) is 4.48. The summed E-state index contributed by atoms with van der Waals surface area (Å²) in [5.74, 6) is 0.840. The maximum Gasteiger partial charge on any atom is 0.0645 e. The molecule has 0 aromatic carbocycles. The van der Waals surface area contributed by atoms with E-state index in [9.17, 15) is 5.11 Å². The van der Waals surface area contributed by atoms with Gasteiger partial charge in [-0.15, -0.1) is 0 Å². The highest BCUT2D eigenvalue weighted by Crippen LogP contribution is 2.33. The molecule has 1 N–H and O–H groups in total. The first-order chi connectivity index (χ1) is 10.6. The molecule has 0 unspecified atom stereocenters. The Morgan fingerprint density at radius 1 is 1.09 bits per heavy atom. The lowest BCUT2D eigenvalue weighted by atomic mass is 9.78. The molecule has 22 heavy (non-hydrogen) atoms. The summed E-state index contributed by atoms with van der Waals surface area (Å²) in [6.07, 6.45) is 8.03. The molecular formula is C19H41NO2. The van der Waals surface area contributed by atoms with Gasteiger partial charge in [-0.25, -0.2) is 0 Å². The number of hydrogen-bond donors (Lipinski definition) is 1. The minimum atomic E-state index is -0.299. The van der Waals surface area contributed by atoms with E-state index in [2.05, 4.69) is 25.7 Å². The molecule has 2 rings (SSSR count). The number of rotatable bonds is 4. The predicted molar refractivity (Wildman–Crippen MR) is 96.4 cm³/mol. The minimum Gasteiger partial charge on any atom is -0.390 e. The summed E-state index contributed by atoms with van der Waals surface area (Å²) in [7, 11) is 0. The van der Waals surface area contributed by atoms with Crippen molar-refractivity contribution >= 4 is 0 Å². The second-order valence-corrected chi connectivity index (χ2v) is 6.57. The minimum absolute atomic E-state index is 0.299. The average molecular weight is 316 g/mol. The van der Waals surface area contributed by atoms with Crippen LogP contribution >= 0.6 is 0 Å². The van der Waals surface area contributed by atoms with Crippen molar-refractivity contribution in [1.82, 2.24) is 4.90 Å². The van der Waals surface area contributed by atoms with Crippen LogP contribution in [0.3, 0.4) is 0 Å². The second-order valence-electron chi connectivity index (χ2n) is 6.57. The smallest absolute Gasteiger partial charge is 0.0645 e. The van der Waals surface area contributed by atoms with Crippen LogP contribution in [0.4, 0.5) is 0 Å². The lowest BCUT2D eigenvalue weighted by molar-refractivity contribution is -0.0103. The van der Waals surface area contributed by atoms with Crippen molar-refractivity contribution in [3.63, 3.8) is 0 Å². The molecule has 0 radical (unpaired) electrons. The number of ether oxygens (including phenoxy) is 1. The topological polar surface area (TPSA) is 32.7 Å². The van der Waals surface area contributed by atoms with E-state index in [0.717, 1.165) is 51.5 Å². The third-order valence-electron chi connectivity index (χ3n) is 4.79. The molecule has 0 aromatic heterocycles. The van der Waals surface area contributed by atoms with Crippen LogP contribution in [0.5, 0.6) is 0 Å². The van der Waals surface area contributed by atoms with Gasteiger partial charge >= 0.3 is 0 Å². The Hall–Kier alpha value is -0.120. The summed E-state index contributed by atoms with van der Waals surface area (Å²) in [5.41, 5.74) is -0.299. The van der Waals surface area contributed by atoms with Gasteiger partial charge in [0.1, 0.15) is 0 Å². The lowest BCUT2D eigenvalue weighted by Gasteiger charge is -2.33. The molecule has 3 heteroatoms. The molecule has 1 aliphatic heterocycles. The largest absolute Gasteiger partial charge is 0.390 e. The fourth-order valence-electron chi connectivity index (χ4n) is 2.86. The van der Waals surface area contributed by atoms with E-state index in [1.807, 2.05) is 13.8 Å². The zero-order valence-electron chi connectivity index (χ0n) is 15.9. The Morgan fingerprint density at radius 3 is 2.09 bits per heavy atom. The van der Waals surface area contributed by atoms with E-state index >= 15 is 0 Å². The first kappa shape index (κ1) is 21.9. The molecule has 1 saturated carbocycles. The SMILES string of the molecule is CC.CCC1(O)CCC(C)CC1.CCCCN1CCOCC1. The molecule has 1 aliphatic carbocycles. The van der Waals surface area contributed by atoms with Crippen LogP contribution in [0.2, 0.25) is 0 Å². The quantitative estimate of drug-likeness (QED) is 0.830. The van der Waals surface area contributed by atoms with Crippen LogP contribution in [0.15, 0.2) is 0 Å². The normalized spacial score (nSPS) is 28.9.